The van der Waals surface area contributed by atoms with E-state index in [1.54, 1.807) is 0 Å². The van der Waals surface area contributed by atoms with E-state index in [9.17, 15) is 8.78 Å². The molecule has 0 amide bonds. The second-order valence-corrected chi connectivity index (χ2v) is 4.82. The number of nitrogens with one attached hydrogen (secondary N) is 1. The lowest BCUT2D eigenvalue weighted by atomic mass is 10.3. The van der Waals surface area contributed by atoms with Crippen LogP contribution < -0.4 is 10.1 Å². The molecule has 1 N–H and O–H groups in total. The van der Waals surface area contributed by atoms with Crippen LogP contribution in [-0.4, -0.2) is 16.7 Å². The molecule has 0 aliphatic carbocycles. The van der Waals surface area contributed by atoms with Gasteiger partial charge in [0.25, 0.3) is 5.19 Å². The standard InChI is InChI=1S/C12H13F2N3OS/c1-2-6-15-7-10-16-17-12(19-10)18-9-5-3-4-8(13)11(9)14/h3-5,15H,2,6-7H2,1H3. The van der Waals surface area contributed by atoms with Gasteiger partial charge in [-0.3, -0.25) is 0 Å². The van der Waals surface area contributed by atoms with E-state index in [2.05, 4.69) is 22.4 Å². The number of benzene rings is 1. The average molecular weight is 285 g/mol. The van der Waals surface area contributed by atoms with Crippen molar-refractivity contribution in [1.82, 2.24) is 15.5 Å². The van der Waals surface area contributed by atoms with Gasteiger partial charge in [-0.25, -0.2) is 4.39 Å². The molecule has 1 aromatic carbocycles. The number of rotatable bonds is 6. The third-order valence-corrected chi connectivity index (χ3v) is 3.07. The summed E-state index contributed by atoms with van der Waals surface area (Å²) in [5.74, 6) is -2.17. The van der Waals surface area contributed by atoms with Gasteiger partial charge >= 0.3 is 0 Å². The number of nitrogens with zero attached hydrogens (tertiary/aromatic N) is 2. The highest BCUT2D eigenvalue weighted by molar-refractivity contribution is 7.13. The van der Waals surface area contributed by atoms with Crippen molar-refractivity contribution in [2.75, 3.05) is 6.54 Å². The quantitative estimate of drug-likeness (QED) is 0.828. The van der Waals surface area contributed by atoms with Crippen molar-refractivity contribution in [2.45, 2.75) is 19.9 Å². The number of ether oxygens (including phenoxy) is 1. The summed E-state index contributed by atoms with van der Waals surface area (Å²) in [6, 6.07) is 3.75. The lowest BCUT2D eigenvalue weighted by Crippen LogP contribution is -2.13. The fourth-order valence-corrected chi connectivity index (χ4v) is 2.05. The van der Waals surface area contributed by atoms with Gasteiger partial charge in [0, 0.05) is 6.54 Å². The molecule has 4 nitrogen and oxygen atoms in total. The Labute approximate surface area is 113 Å². The first kappa shape index (κ1) is 13.8. The summed E-state index contributed by atoms with van der Waals surface area (Å²) < 4.78 is 31.6. The zero-order valence-corrected chi connectivity index (χ0v) is 11.1. The molecule has 0 aliphatic rings. The molecule has 7 heteroatoms. The minimum Gasteiger partial charge on any atom is -0.427 e. The molecule has 2 aromatic rings. The molecule has 0 saturated carbocycles. The number of aromatic nitrogens is 2. The zero-order valence-electron chi connectivity index (χ0n) is 10.3. The Hall–Kier alpha value is -1.60. The van der Waals surface area contributed by atoms with Gasteiger partial charge in [-0.2, -0.15) is 4.39 Å². The Kier molecular flexibility index (Phi) is 4.75. The van der Waals surface area contributed by atoms with Crippen molar-refractivity contribution in [3.8, 4) is 10.9 Å². The summed E-state index contributed by atoms with van der Waals surface area (Å²) in [5, 5.41) is 11.8. The van der Waals surface area contributed by atoms with Crippen molar-refractivity contribution in [3.05, 3.63) is 34.8 Å². The summed E-state index contributed by atoms with van der Waals surface area (Å²) in [7, 11) is 0. The minimum absolute atomic E-state index is 0.191. The van der Waals surface area contributed by atoms with Crippen LogP contribution in [0.25, 0.3) is 0 Å². The van der Waals surface area contributed by atoms with Crippen LogP contribution in [-0.2, 0) is 6.54 Å². The van der Waals surface area contributed by atoms with Gasteiger partial charge in [-0.1, -0.05) is 29.4 Å². The predicted molar refractivity (Wildman–Crippen MR) is 68.3 cm³/mol. The van der Waals surface area contributed by atoms with E-state index in [0.29, 0.717) is 6.54 Å². The van der Waals surface area contributed by atoms with Gasteiger partial charge in [0.2, 0.25) is 5.82 Å². The first-order valence-electron chi connectivity index (χ1n) is 5.85. The number of hydrogen-bond donors (Lipinski definition) is 1. The lowest BCUT2D eigenvalue weighted by molar-refractivity contribution is 0.411. The lowest BCUT2D eigenvalue weighted by Gasteiger charge is -2.02. The predicted octanol–water partition coefficient (Wildman–Crippen LogP) is 3.11. The molecular weight excluding hydrogens is 272 g/mol. The van der Waals surface area contributed by atoms with Gasteiger partial charge in [0.1, 0.15) is 5.01 Å². The van der Waals surface area contributed by atoms with Crippen LogP contribution in [0.2, 0.25) is 0 Å². The van der Waals surface area contributed by atoms with E-state index in [1.807, 2.05) is 0 Å². The van der Waals surface area contributed by atoms with Gasteiger partial charge in [0.05, 0.1) is 0 Å². The Bertz CT molecular complexity index is 548. The van der Waals surface area contributed by atoms with Gasteiger partial charge in [0.15, 0.2) is 11.6 Å². The SMILES string of the molecule is CCCNCc1nnc(Oc2cccc(F)c2F)s1. The second kappa shape index (κ2) is 6.53. The summed E-state index contributed by atoms with van der Waals surface area (Å²) in [4.78, 5) is 0. The summed E-state index contributed by atoms with van der Waals surface area (Å²) in [6.45, 7) is 3.53. The van der Waals surface area contributed by atoms with E-state index in [0.717, 1.165) is 24.0 Å². The van der Waals surface area contributed by atoms with Crippen molar-refractivity contribution in [3.63, 3.8) is 0 Å². The van der Waals surface area contributed by atoms with Crippen LogP contribution in [0.4, 0.5) is 8.78 Å². The van der Waals surface area contributed by atoms with Crippen LogP contribution in [0.1, 0.15) is 18.4 Å². The Morgan fingerprint density at radius 3 is 2.95 bits per heavy atom. The smallest absolute Gasteiger partial charge is 0.299 e. The number of halogens is 2. The monoisotopic (exact) mass is 285 g/mol. The molecule has 0 radical (unpaired) electrons. The second-order valence-electron chi connectivity index (χ2n) is 3.79. The van der Waals surface area contributed by atoms with Gasteiger partial charge in [-0.05, 0) is 25.1 Å². The van der Waals surface area contributed by atoms with E-state index < -0.39 is 11.6 Å². The maximum absolute atomic E-state index is 13.4. The average Bonchev–Trinajstić information content (AvgIpc) is 2.83. The van der Waals surface area contributed by atoms with E-state index >= 15 is 0 Å². The molecule has 0 unspecified atom stereocenters. The minimum atomic E-state index is -1.02. The molecule has 102 valence electrons. The zero-order chi connectivity index (χ0) is 13.7. The fraction of sp³-hybridized carbons (Fsp3) is 0.333. The third-order valence-electron chi connectivity index (χ3n) is 2.26. The Balaban J connectivity index is 2.01. The molecule has 0 spiro atoms. The molecule has 1 aromatic heterocycles. The van der Waals surface area contributed by atoms with E-state index in [-0.39, 0.29) is 10.9 Å². The first-order chi connectivity index (χ1) is 9.20. The maximum Gasteiger partial charge on any atom is 0.299 e. The highest BCUT2D eigenvalue weighted by atomic mass is 32.1. The molecule has 2 rings (SSSR count). The normalized spacial score (nSPS) is 10.7. The maximum atomic E-state index is 13.4. The van der Waals surface area contributed by atoms with Crippen LogP contribution in [0.15, 0.2) is 18.2 Å². The molecule has 19 heavy (non-hydrogen) atoms. The molecule has 1 heterocycles. The molecule has 0 fully saturated rings. The van der Waals surface area contributed by atoms with E-state index in [4.69, 9.17) is 4.74 Å². The molecule has 0 bridgehead atoms. The summed E-state index contributed by atoms with van der Waals surface area (Å²) in [6.07, 6.45) is 1.02. The molecule has 0 atom stereocenters. The number of hydrogen-bond acceptors (Lipinski definition) is 5. The first-order valence-corrected chi connectivity index (χ1v) is 6.67. The van der Waals surface area contributed by atoms with Crippen LogP contribution in [0.3, 0.4) is 0 Å². The van der Waals surface area contributed by atoms with Crippen LogP contribution >= 0.6 is 11.3 Å². The summed E-state index contributed by atoms with van der Waals surface area (Å²) >= 11 is 1.20. The van der Waals surface area contributed by atoms with Gasteiger partial charge < -0.3 is 10.1 Å². The van der Waals surface area contributed by atoms with Gasteiger partial charge in [-0.15, -0.1) is 5.10 Å². The van der Waals surface area contributed by atoms with Crippen LogP contribution in [0, 0.1) is 11.6 Å². The third kappa shape index (κ3) is 3.68. The fourth-order valence-electron chi connectivity index (χ4n) is 1.38. The van der Waals surface area contributed by atoms with Crippen LogP contribution in [0.5, 0.6) is 10.9 Å². The molecule has 0 aliphatic heterocycles. The highest BCUT2D eigenvalue weighted by Gasteiger charge is 2.12. The molecular formula is C12H13F2N3OS. The van der Waals surface area contributed by atoms with Crippen molar-refractivity contribution < 1.29 is 13.5 Å². The Morgan fingerprint density at radius 2 is 2.16 bits per heavy atom. The van der Waals surface area contributed by atoms with Crippen molar-refractivity contribution in [2.24, 2.45) is 0 Å². The van der Waals surface area contributed by atoms with Crippen molar-refractivity contribution >= 4 is 11.3 Å². The van der Waals surface area contributed by atoms with E-state index in [1.165, 1.54) is 23.5 Å². The van der Waals surface area contributed by atoms with Crippen molar-refractivity contribution in [1.29, 1.82) is 0 Å². The Morgan fingerprint density at radius 1 is 1.32 bits per heavy atom. The highest BCUT2D eigenvalue weighted by Crippen LogP contribution is 2.27. The molecule has 0 saturated heterocycles. The summed E-state index contributed by atoms with van der Waals surface area (Å²) in [5.41, 5.74) is 0. The topological polar surface area (TPSA) is 47.0 Å². The largest absolute Gasteiger partial charge is 0.427 e.